The lowest BCUT2D eigenvalue weighted by molar-refractivity contribution is -0.123. The van der Waals surface area contributed by atoms with Gasteiger partial charge in [0.2, 0.25) is 0 Å². The quantitative estimate of drug-likeness (QED) is 0.555. The molecular formula is C20H19BrN2O4. The minimum Gasteiger partial charge on any atom is -0.503 e. The number of hydrogen-bond donors (Lipinski definition) is 2. The second-order valence-corrected chi connectivity index (χ2v) is 7.01. The van der Waals surface area contributed by atoms with Gasteiger partial charge in [0.15, 0.2) is 11.5 Å². The van der Waals surface area contributed by atoms with Crippen LogP contribution < -0.4 is 10.1 Å². The van der Waals surface area contributed by atoms with Gasteiger partial charge in [-0.2, -0.15) is 0 Å². The van der Waals surface area contributed by atoms with E-state index in [4.69, 9.17) is 4.74 Å². The first-order chi connectivity index (χ1) is 12.9. The number of nitrogens with one attached hydrogen (secondary N) is 1. The van der Waals surface area contributed by atoms with Gasteiger partial charge in [-0.1, -0.05) is 29.8 Å². The maximum atomic E-state index is 12.7. The Morgan fingerprint density at radius 3 is 2.74 bits per heavy atom. The van der Waals surface area contributed by atoms with Crippen molar-refractivity contribution in [2.75, 3.05) is 6.61 Å². The van der Waals surface area contributed by atoms with Crippen molar-refractivity contribution >= 4 is 33.9 Å². The van der Waals surface area contributed by atoms with E-state index in [0.29, 0.717) is 22.4 Å². The zero-order chi connectivity index (χ0) is 19.6. The lowest BCUT2D eigenvalue weighted by Gasteiger charge is -2.12. The van der Waals surface area contributed by atoms with E-state index >= 15 is 0 Å². The van der Waals surface area contributed by atoms with E-state index < -0.39 is 11.9 Å². The van der Waals surface area contributed by atoms with Gasteiger partial charge in [0.1, 0.15) is 5.70 Å². The van der Waals surface area contributed by atoms with E-state index in [0.717, 1.165) is 11.1 Å². The van der Waals surface area contributed by atoms with Crippen molar-refractivity contribution in [1.29, 1.82) is 0 Å². The molecule has 0 atom stereocenters. The van der Waals surface area contributed by atoms with E-state index in [-0.39, 0.29) is 18.0 Å². The van der Waals surface area contributed by atoms with E-state index in [1.165, 1.54) is 4.90 Å². The molecule has 27 heavy (non-hydrogen) atoms. The van der Waals surface area contributed by atoms with E-state index in [2.05, 4.69) is 21.2 Å². The normalized spacial score (nSPS) is 15.4. The van der Waals surface area contributed by atoms with E-state index in [1.807, 2.05) is 38.1 Å². The molecule has 1 saturated heterocycles. The molecule has 7 heteroatoms. The number of benzene rings is 2. The Hall–Kier alpha value is -2.80. The number of hydrogen-bond acceptors (Lipinski definition) is 4. The smallest absolute Gasteiger partial charge is 0.329 e. The van der Waals surface area contributed by atoms with Gasteiger partial charge in [-0.05, 0) is 59.1 Å². The Labute approximate surface area is 165 Å². The van der Waals surface area contributed by atoms with Gasteiger partial charge in [-0.15, -0.1) is 0 Å². The van der Waals surface area contributed by atoms with Gasteiger partial charge >= 0.3 is 6.03 Å². The molecule has 140 valence electrons. The van der Waals surface area contributed by atoms with Gasteiger partial charge in [0.25, 0.3) is 5.91 Å². The van der Waals surface area contributed by atoms with Gasteiger partial charge in [-0.3, -0.25) is 9.69 Å². The number of nitrogens with zero attached hydrogens (tertiary/aromatic N) is 1. The van der Waals surface area contributed by atoms with Crippen LogP contribution in [0, 0.1) is 6.92 Å². The molecule has 3 rings (SSSR count). The highest BCUT2D eigenvalue weighted by Gasteiger charge is 2.33. The number of rotatable bonds is 5. The summed E-state index contributed by atoms with van der Waals surface area (Å²) in [6.07, 6.45) is 1.56. The number of urea groups is 1. The Balaban J connectivity index is 1.86. The van der Waals surface area contributed by atoms with E-state index in [9.17, 15) is 14.7 Å². The van der Waals surface area contributed by atoms with Gasteiger partial charge < -0.3 is 15.2 Å². The number of aromatic hydroxyl groups is 1. The molecule has 6 nitrogen and oxygen atoms in total. The Morgan fingerprint density at radius 2 is 2.04 bits per heavy atom. The van der Waals surface area contributed by atoms with Gasteiger partial charge in [0.05, 0.1) is 17.6 Å². The second kappa shape index (κ2) is 7.84. The molecule has 0 saturated carbocycles. The first kappa shape index (κ1) is 19.0. The van der Waals surface area contributed by atoms with Crippen molar-refractivity contribution in [3.05, 3.63) is 63.3 Å². The highest BCUT2D eigenvalue weighted by atomic mass is 79.9. The van der Waals surface area contributed by atoms with Gasteiger partial charge in [0, 0.05) is 0 Å². The van der Waals surface area contributed by atoms with Crippen molar-refractivity contribution in [1.82, 2.24) is 10.2 Å². The van der Waals surface area contributed by atoms with Crippen LogP contribution in [0.25, 0.3) is 6.08 Å². The summed E-state index contributed by atoms with van der Waals surface area (Å²) in [4.78, 5) is 26.1. The zero-order valence-corrected chi connectivity index (χ0v) is 16.5. The molecule has 0 radical (unpaired) electrons. The van der Waals surface area contributed by atoms with E-state index in [1.54, 1.807) is 18.2 Å². The van der Waals surface area contributed by atoms with Crippen LogP contribution in [0.15, 0.2) is 46.6 Å². The number of amides is 3. The topological polar surface area (TPSA) is 78.9 Å². The van der Waals surface area contributed by atoms with Crippen molar-refractivity contribution in [3.63, 3.8) is 0 Å². The summed E-state index contributed by atoms with van der Waals surface area (Å²) in [7, 11) is 0. The largest absolute Gasteiger partial charge is 0.503 e. The number of imide groups is 1. The zero-order valence-electron chi connectivity index (χ0n) is 15.0. The van der Waals surface area contributed by atoms with Crippen LogP contribution in [-0.2, 0) is 11.3 Å². The Bertz CT molecular complexity index is 940. The summed E-state index contributed by atoms with van der Waals surface area (Å²) in [5, 5.41) is 12.6. The molecule has 1 heterocycles. The molecule has 0 unspecified atom stereocenters. The van der Waals surface area contributed by atoms with Crippen LogP contribution in [0.1, 0.15) is 23.6 Å². The lowest BCUT2D eigenvalue weighted by Crippen LogP contribution is -2.30. The van der Waals surface area contributed by atoms with Crippen molar-refractivity contribution in [2.24, 2.45) is 0 Å². The maximum Gasteiger partial charge on any atom is 0.329 e. The third-order valence-electron chi connectivity index (χ3n) is 4.05. The minimum atomic E-state index is -0.462. The van der Waals surface area contributed by atoms with Crippen LogP contribution in [0.5, 0.6) is 11.5 Å². The number of ether oxygens (including phenoxy) is 1. The summed E-state index contributed by atoms with van der Waals surface area (Å²) >= 11 is 3.26. The predicted molar refractivity (Wildman–Crippen MR) is 105 cm³/mol. The molecule has 1 aliphatic heterocycles. The fourth-order valence-corrected chi connectivity index (χ4v) is 3.28. The number of halogens is 1. The molecule has 2 N–H and O–H groups in total. The van der Waals surface area contributed by atoms with Crippen LogP contribution >= 0.6 is 15.9 Å². The molecule has 0 aliphatic carbocycles. The SMILES string of the molecule is CCOc1cc(/C=C2/NC(=O)N(Cc3cccc(C)c3)C2=O)cc(Br)c1O. The highest BCUT2D eigenvalue weighted by molar-refractivity contribution is 9.10. The van der Waals surface area contributed by atoms with Crippen LogP contribution in [0.4, 0.5) is 4.79 Å². The summed E-state index contributed by atoms with van der Waals surface area (Å²) in [5.41, 5.74) is 2.73. The number of aryl methyl sites for hydroxylation is 1. The van der Waals surface area contributed by atoms with Crippen LogP contribution in [0.3, 0.4) is 0 Å². The molecular weight excluding hydrogens is 412 g/mol. The summed E-state index contributed by atoms with van der Waals surface area (Å²) in [5.74, 6) is -0.113. The Morgan fingerprint density at radius 1 is 1.26 bits per heavy atom. The molecule has 2 aromatic carbocycles. The fourth-order valence-electron chi connectivity index (χ4n) is 2.82. The first-order valence-electron chi connectivity index (χ1n) is 8.44. The molecule has 0 aromatic heterocycles. The second-order valence-electron chi connectivity index (χ2n) is 6.15. The first-order valence-corrected chi connectivity index (χ1v) is 9.23. The summed E-state index contributed by atoms with van der Waals surface area (Å²) < 4.78 is 5.83. The number of carbonyl (C=O) groups is 2. The standard InChI is InChI=1S/C20H19BrN2O4/c1-3-27-17-10-14(8-15(21)18(17)24)9-16-19(25)23(20(26)22-16)11-13-6-4-5-12(2)7-13/h4-10,24H,3,11H2,1-2H3,(H,22,26)/b16-9+. The minimum absolute atomic E-state index is 0.0122. The monoisotopic (exact) mass is 430 g/mol. The fraction of sp³-hybridized carbons (Fsp3) is 0.200. The van der Waals surface area contributed by atoms with Crippen LogP contribution in [0.2, 0.25) is 0 Å². The van der Waals surface area contributed by atoms with Gasteiger partial charge in [-0.25, -0.2) is 4.79 Å². The average molecular weight is 431 g/mol. The number of phenolic OH excluding ortho intramolecular Hbond substituents is 1. The molecule has 0 bridgehead atoms. The highest BCUT2D eigenvalue weighted by Crippen LogP contribution is 2.36. The molecule has 0 spiro atoms. The number of carbonyl (C=O) groups excluding carboxylic acids is 2. The van der Waals surface area contributed by atoms with Crippen LogP contribution in [-0.4, -0.2) is 28.6 Å². The third kappa shape index (κ3) is 4.14. The molecule has 1 fully saturated rings. The summed E-state index contributed by atoms with van der Waals surface area (Å²) in [6, 6.07) is 10.5. The van der Waals surface area contributed by atoms with Crippen molar-refractivity contribution in [3.8, 4) is 11.5 Å². The molecule has 3 amide bonds. The molecule has 2 aromatic rings. The third-order valence-corrected chi connectivity index (χ3v) is 4.65. The van der Waals surface area contributed by atoms with Crippen molar-refractivity contribution in [2.45, 2.75) is 20.4 Å². The Kier molecular flexibility index (Phi) is 5.51. The van der Waals surface area contributed by atoms with Crippen molar-refractivity contribution < 1.29 is 19.4 Å². The predicted octanol–water partition coefficient (Wildman–Crippen LogP) is 3.95. The number of phenols is 1. The summed E-state index contributed by atoms with van der Waals surface area (Å²) in [6.45, 7) is 4.36. The lowest BCUT2D eigenvalue weighted by atomic mass is 10.1. The average Bonchev–Trinajstić information content (AvgIpc) is 2.87. The molecule has 1 aliphatic rings. The maximum absolute atomic E-state index is 12.7.